The van der Waals surface area contributed by atoms with E-state index in [1.165, 1.54) is 38.5 Å². The van der Waals surface area contributed by atoms with E-state index in [0.717, 1.165) is 45.5 Å². The third-order valence-corrected chi connectivity index (χ3v) is 5.75. The van der Waals surface area contributed by atoms with Gasteiger partial charge in [0.15, 0.2) is 5.65 Å². The van der Waals surface area contributed by atoms with E-state index in [-0.39, 0.29) is 5.41 Å². The summed E-state index contributed by atoms with van der Waals surface area (Å²) in [5.41, 5.74) is 5.04. The summed E-state index contributed by atoms with van der Waals surface area (Å²) in [5.74, 6) is 1.02. The Morgan fingerprint density at radius 2 is 1.67 bits per heavy atom. The number of hydrogen-bond donors (Lipinski definition) is 1. The maximum atomic E-state index is 6.11. The molecule has 1 N–H and O–H groups in total. The predicted molar refractivity (Wildman–Crippen MR) is 129 cm³/mol. The average Bonchev–Trinajstić information content (AvgIpc) is 3.03. The first-order chi connectivity index (χ1) is 14.3. The lowest BCUT2D eigenvalue weighted by atomic mass is 9.92. The minimum absolute atomic E-state index is 0.0478. The maximum Gasteiger partial charge on any atom is 0.165 e. The fourth-order valence-electron chi connectivity index (χ4n) is 3.71. The van der Waals surface area contributed by atoms with Gasteiger partial charge in [0.05, 0.1) is 11.4 Å². The molecule has 0 aliphatic heterocycles. The number of halogens is 1. The second-order valence-electron chi connectivity index (χ2n) is 9.17. The molecule has 30 heavy (non-hydrogen) atoms. The van der Waals surface area contributed by atoms with Crippen LogP contribution in [0.25, 0.3) is 16.8 Å². The number of aromatic nitrogens is 3. The maximum absolute atomic E-state index is 6.11. The van der Waals surface area contributed by atoms with E-state index in [1.54, 1.807) is 0 Å². The molecule has 1 aromatic carbocycles. The van der Waals surface area contributed by atoms with E-state index in [0.29, 0.717) is 0 Å². The summed E-state index contributed by atoms with van der Waals surface area (Å²) in [6.45, 7) is 11.9. The van der Waals surface area contributed by atoms with Gasteiger partial charge < -0.3 is 5.32 Å². The smallest absolute Gasteiger partial charge is 0.165 e. The van der Waals surface area contributed by atoms with Crippen molar-refractivity contribution in [2.45, 2.75) is 78.6 Å². The first kappa shape index (κ1) is 22.6. The molecule has 0 aliphatic rings. The van der Waals surface area contributed by atoms with E-state index < -0.39 is 0 Å². The van der Waals surface area contributed by atoms with E-state index in [9.17, 15) is 0 Å². The topological polar surface area (TPSA) is 42.2 Å². The van der Waals surface area contributed by atoms with Crippen LogP contribution < -0.4 is 5.32 Å². The molecule has 0 radical (unpaired) electrons. The second-order valence-corrected chi connectivity index (χ2v) is 9.61. The van der Waals surface area contributed by atoms with Gasteiger partial charge in [0.25, 0.3) is 0 Å². The van der Waals surface area contributed by atoms with E-state index in [4.69, 9.17) is 21.7 Å². The van der Waals surface area contributed by atoms with Crippen molar-refractivity contribution in [3.05, 3.63) is 46.7 Å². The molecule has 0 bridgehead atoms. The molecule has 0 saturated carbocycles. The van der Waals surface area contributed by atoms with Crippen molar-refractivity contribution in [2.75, 3.05) is 11.9 Å². The van der Waals surface area contributed by atoms with Crippen molar-refractivity contribution in [1.29, 1.82) is 0 Å². The molecule has 162 valence electrons. The highest BCUT2D eigenvalue weighted by molar-refractivity contribution is 6.30. The molecule has 0 saturated heterocycles. The minimum Gasteiger partial charge on any atom is -0.370 e. The van der Waals surface area contributed by atoms with Crippen LogP contribution in [-0.2, 0) is 5.41 Å². The normalized spacial score (nSPS) is 11.9. The summed E-state index contributed by atoms with van der Waals surface area (Å²) >= 11 is 6.11. The number of fused-ring (bicyclic) bond motifs is 1. The molecule has 0 amide bonds. The van der Waals surface area contributed by atoms with Gasteiger partial charge in [-0.1, -0.05) is 83.5 Å². The molecule has 2 aromatic heterocycles. The number of aryl methyl sites for hydroxylation is 1. The SMILES string of the molecule is CCCCCCCCNc1cc(C(C)(C)C)nc2c(-c3ccc(Cl)cc3)c(C)nn12. The summed E-state index contributed by atoms with van der Waals surface area (Å²) in [6.07, 6.45) is 7.72. The van der Waals surface area contributed by atoms with Crippen LogP contribution in [0, 0.1) is 6.92 Å². The van der Waals surface area contributed by atoms with Gasteiger partial charge in [0, 0.05) is 28.6 Å². The van der Waals surface area contributed by atoms with E-state index in [2.05, 4.69) is 39.1 Å². The molecular formula is C25H35ClN4. The number of benzene rings is 1. The third kappa shape index (κ3) is 5.34. The van der Waals surface area contributed by atoms with Gasteiger partial charge in [0.1, 0.15) is 5.82 Å². The second kappa shape index (κ2) is 9.82. The average molecular weight is 427 g/mol. The van der Waals surface area contributed by atoms with Crippen molar-refractivity contribution in [1.82, 2.24) is 14.6 Å². The Labute approximate surface area is 186 Å². The van der Waals surface area contributed by atoms with Gasteiger partial charge in [-0.2, -0.15) is 9.61 Å². The molecule has 0 atom stereocenters. The first-order valence-electron chi connectivity index (χ1n) is 11.2. The Hall–Kier alpha value is -2.07. The van der Waals surface area contributed by atoms with Crippen LogP contribution in [0.3, 0.4) is 0 Å². The van der Waals surface area contributed by atoms with Gasteiger partial charge in [-0.05, 0) is 31.0 Å². The molecule has 0 fully saturated rings. The lowest BCUT2D eigenvalue weighted by Gasteiger charge is -2.20. The minimum atomic E-state index is -0.0478. The Morgan fingerprint density at radius 3 is 2.33 bits per heavy atom. The molecule has 0 unspecified atom stereocenters. The highest BCUT2D eigenvalue weighted by atomic mass is 35.5. The zero-order chi connectivity index (χ0) is 21.7. The molecule has 3 rings (SSSR count). The molecule has 0 spiro atoms. The zero-order valence-electron chi connectivity index (χ0n) is 19.1. The summed E-state index contributed by atoms with van der Waals surface area (Å²) in [5, 5.41) is 9.20. The standard InChI is InChI=1S/C25H35ClN4/c1-6-7-8-9-10-11-16-27-22-17-21(25(3,4)5)28-24-23(18(2)29-30(22)24)19-12-14-20(26)15-13-19/h12-15,17,27H,6-11,16H2,1-5H3. The molecule has 3 aromatic rings. The van der Waals surface area contributed by atoms with Gasteiger partial charge in [-0.3, -0.25) is 0 Å². The number of rotatable bonds is 9. The quantitative estimate of drug-likeness (QED) is 0.361. The highest BCUT2D eigenvalue weighted by Crippen LogP contribution is 2.32. The molecule has 2 heterocycles. The number of nitrogens with one attached hydrogen (secondary N) is 1. The monoisotopic (exact) mass is 426 g/mol. The van der Waals surface area contributed by atoms with Crippen molar-refractivity contribution in [2.24, 2.45) is 0 Å². The predicted octanol–water partition coefficient (Wildman–Crippen LogP) is 7.43. The lowest BCUT2D eigenvalue weighted by Crippen LogP contribution is -2.17. The largest absolute Gasteiger partial charge is 0.370 e. The van der Waals surface area contributed by atoms with Crippen LogP contribution in [0.5, 0.6) is 0 Å². The summed E-state index contributed by atoms with van der Waals surface area (Å²) in [6, 6.07) is 10.1. The lowest BCUT2D eigenvalue weighted by molar-refractivity contribution is 0.568. The van der Waals surface area contributed by atoms with Crippen LogP contribution >= 0.6 is 11.6 Å². The number of hydrogen-bond acceptors (Lipinski definition) is 3. The molecule has 4 nitrogen and oxygen atoms in total. The van der Waals surface area contributed by atoms with Crippen molar-refractivity contribution in [3.63, 3.8) is 0 Å². The van der Waals surface area contributed by atoms with Crippen LogP contribution in [0.15, 0.2) is 30.3 Å². The Kier molecular flexibility index (Phi) is 7.41. The number of nitrogens with zero attached hydrogens (tertiary/aromatic N) is 3. The fourth-order valence-corrected chi connectivity index (χ4v) is 3.84. The molecular weight excluding hydrogens is 392 g/mol. The summed E-state index contributed by atoms with van der Waals surface area (Å²) < 4.78 is 1.96. The Bertz CT molecular complexity index is 967. The van der Waals surface area contributed by atoms with Gasteiger partial charge in [-0.25, -0.2) is 4.98 Å². The fraction of sp³-hybridized carbons (Fsp3) is 0.520. The summed E-state index contributed by atoms with van der Waals surface area (Å²) in [4.78, 5) is 5.03. The highest BCUT2D eigenvalue weighted by Gasteiger charge is 2.22. The van der Waals surface area contributed by atoms with Crippen LogP contribution in [0.2, 0.25) is 5.02 Å². The van der Waals surface area contributed by atoms with Gasteiger partial charge >= 0.3 is 0 Å². The number of unbranched alkanes of at least 4 members (excludes halogenated alkanes) is 5. The van der Waals surface area contributed by atoms with Gasteiger partial charge in [0.2, 0.25) is 0 Å². The zero-order valence-corrected chi connectivity index (χ0v) is 19.8. The van der Waals surface area contributed by atoms with E-state index in [1.807, 2.05) is 35.7 Å². The number of anilines is 1. The Balaban J connectivity index is 1.92. The van der Waals surface area contributed by atoms with Crippen molar-refractivity contribution >= 4 is 23.1 Å². The molecule has 0 aliphatic carbocycles. The van der Waals surface area contributed by atoms with Crippen molar-refractivity contribution in [3.8, 4) is 11.1 Å². The summed E-state index contributed by atoms with van der Waals surface area (Å²) in [7, 11) is 0. The van der Waals surface area contributed by atoms with Gasteiger partial charge in [-0.15, -0.1) is 0 Å². The van der Waals surface area contributed by atoms with E-state index >= 15 is 0 Å². The van der Waals surface area contributed by atoms with Crippen LogP contribution in [0.1, 0.15) is 77.6 Å². The van der Waals surface area contributed by atoms with Crippen molar-refractivity contribution < 1.29 is 0 Å². The van der Waals surface area contributed by atoms with Crippen LogP contribution in [0.4, 0.5) is 5.82 Å². The molecule has 5 heteroatoms. The van der Waals surface area contributed by atoms with Crippen LogP contribution in [-0.4, -0.2) is 21.1 Å². The Morgan fingerprint density at radius 1 is 1.00 bits per heavy atom. The first-order valence-corrected chi connectivity index (χ1v) is 11.6. The third-order valence-electron chi connectivity index (χ3n) is 5.50.